The number of carbonyl (C=O) groups excluding carboxylic acids is 1. The lowest BCUT2D eigenvalue weighted by Crippen LogP contribution is -3.14. The molecule has 29 heavy (non-hydrogen) atoms. The zero-order chi connectivity index (χ0) is 20.6. The predicted octanol–water partition coefficient (Wildman–Crippen LogP) is 1.69. The van der Waals surface area contributed by atoms with Gasteiger partial charge in [0.05, 0.1) is 23.7 Å². The van der Waals surface area contributed by atoms with E-state index in [0.717, 1.165) is 44.0 Å². The van der Waals surface area contributed by atoms with Gasteiger partial charge in [0.1, 0.15) is 25.7 Å². The van der Waals surface area contributed by atoms with Crippen LogP contribution < -0.4 is 10.2 Å². The van der Waals surface area contributed by atoms with Crippen molar-refractivity contribution in [2.24, 2.45) is 0 Å². The minimum Gasteiger partial charge on any atom is -0.370 e. The summed E-state index contributed by atoms with van der Waals surface area (Å²) in [7, 11) is 0. The van der Waals surface area contributed by atoms with Crippen LogP contribution in [0.25, 0.3) is 6.08 Å². The summed E-state index contributed by atoms with van der Waals surface area (Å²) in [4.78, 5) is 24.7. The Morgan fingerprint density at radius 3 is 2.59 bits per heavy atom. The van der Waals surface area contributed by atoms with E-state index in [-0.39, 0.29) is 17.6 Å². The zero-order valence-electron chi connectivity index (χ0n) is 16.5. The van der Waals surface area contributed by atoms with Gasteiger partial charge >= 0.3 is 0 Å². The van der Waals surface area contributed by atoms with E-state index in [1.807, 2.05) is 31.2 Å². The highest BCUT2D eigenvalue weighted by Gasteiger charge is 2.22. The van der Waals surface area contributed by atoms with Crippen molar-refractivity contribution in [1.29, 1.82) is 0 Å². The summed E-state index contributed by atoms with van der Waals surface area (Å²) in [5.41, 5.74) is 2.58. The van der Waals surface area contributed by atoms with Gasteiger partial charge < -0.3 is 15.0 Å². The van der Waals surface area contributed by atoms with E-state index in [1.54, 1.807) is 18.2 Å². The number of hydrogen-bond acceptors (Lipinski definition) is 4. The second-order valence-electron chi connectivity index (χ2n) is 7.19. The molecule has 1 atom stereocenters. The molecule has 7 heteroatoms. The zero-order valence-corrected chi connectivity index (χ0v) is 16.5. The van der Waals surface area contributed by atoms with Crippen LogP contribution in [0.2, 0.25) is 0 Å². The van der Waals surface area contributed by atoms with Gasteiger partial charge in [0.25, 0.3) is 5.69 Å². The highest BCUT2D eigenvalue weighted by molar-refractivity contribution is 5.92. The SMILES string of the molecule is Cc1ccc([C@H](C[NH+]2CCOCC2)NC(=O)/C=C/c2ccccc2[N+](=O)[O-])cc1. The summed E-state index contributed by atoms with van der Waals surface area (Å²) >= 11 is 0. The number of nitro groups is 1. The van der Waals surface area contributed by atoms with Crippen LogP contribution in [-0.4, -0.2) is 43.7 Å². The fourth-order valence-corrected chi connectivity index (χ4v) is 3.38. The monoisotopic (exact) mass is 396 g/mol. The third-order valence-electron chi connectivity index (χ3n) is 5.04. The molecule has 0 aliphatic carbocycles. The number of nitrogens with one attached hydrogen (secondary N) is 2. The second kappa shape index (κ2) is 9.95. The first-order chi connectivity index (χ1) is 14.0. The van der Waals surface area contributed by atoms with Crippen LogP contribution in [0.1, 0.15) is 22.7 Å². The van der Waals surface area contributed by atoms with Crippen molar-refractivity contribution < 1.29 is 19.4 Å². The normalized spacial score (nSPS) is 15.9. The summed E-state index contributed by atoms with van der Waals surface area (Å²) < 4.78 is 5.43. The van der Waals surface area contributed by atoms with Crippen molar-refractivity contribution in [2.75, 3.05) is 32.8 Å². The maximum Gasteiger partial charge on any atom is 0.276 e. The molecule has 0 bridgehead atoms. The molecule has 1 saturated heterocycles. The molecule has 1 aliphatic heterocycles. The number of quaternary nitrogens is 1. The predicted molar refractivity (Wildman–Crippen MR) is 111 cm³/mol. The topological polar surface area (TPSA) is 85.9 Å². The third-order valence-corrected chi connectivity index (χ3v) is 5.04. The summed E-state index contributed by atoms with van der Waals surface area (Å²) in [6.45, 7) is 6.05. The quantitative estimate of drug-likeness (QED) is 0.424. The lowest BCUT2D eigenvalue weighted by molar-refractivity contribution is -0.909. The van der Waals surface area contributed by atoms with E-state index in [4.69, 9.17) is 4.74 Å². The van der Waals surface area contributed by atoms with Crippen LogP contribution in [0.5, 0.6) is 0 Å². The molecule has 2 N–H and O–H groups in total. The van der Waals surface area contributed by atoms with Gasteiger partial charge in [-0.2, -0.15) is 0 Å². The third kappa shape index (κ3) is 5.97. The molecule has 3 rings (SSSR count). The van der Waals surface area contributed by atoms with E-state index >= 15 is 0 Å². The Labute approximate surface area is 170 Å². The van der Waals surface area contributed by atoms with Gasteiger partial charge in [0, 0.05) is 12.1 Å². The largest absolute Gasteiger partial charge is 0.370 e. The number of benzene rings is 2. The van der Waals surface area contributed by atoms with Gasteiger partial charge in [-0.1, -0.05) is 42.0 Å². The van der Waals surface area contributed by atoms with Crippen molar-refractivity contribution in [2.45, 2.75) is 13.0 Å². The molecule has 0 aromatic heterocycles. The molecule has 0 saturated carbocycles. The first kappa shape index (κ1) is 20.7. The number of ether oxygens (including phenoxy) is 1. The van der Waals surface area contributed by atoms with Gasteiger partial charge in [0.15, 0.2) is 0 Å². The maximum absolute atomic E-state index is 12.6. The van der Waals surface area contributed by atoms with Crippen molar-refractivity contribution in [3.8, 4) is 0 Å². The van der Waals surface area contributed by atoms with E-state index in [2.05, 4.69) is 5.32 Å². The Morgan fingerprint density at radius 1 is 1.21 bits per heavy atom. The summed E-state index contributed by atoms with van der Waals surface area (Å²) in [6, 6.07) is 14.4. The van der Waals surface area contributed by atoms with Crippen LogP contribution in [0, 0.1) is 17.0 Å². The number of nitro benzene ring substituents is 1. The summed E-state index contributed by atoms with van der Waals surface area (Å²) in [6.07, 6.45) is 2.85. The van der Waals surface area contributed by atoms with Crippen molar-refractivity contribution in [1.82, 2.24) is 5.32 Å². The van der Waals surface area contributed by atoms with Gasteiger partial charge in [0.2, 0.25) is 5.91 Å². The van der Waals surface area contributed by atoms with Gasteiger partial charge in [-0.05, 0) is 24.6 Å². The van der Waals surface area contributed by atoms with E-state index < -0.39 is 4.92 Å². The minimum absolute atomic E-state index is 0.0237. The molecule has 1 heterocycles. The minimum atomic E-state index is -0.450. The van der Waals surface area contributed by atoms with Gasteiger partial charge in [-0.3, -0.25) is 14.9 Å². The highest BCUT2D eigenvalue weighted by atomic mass is 16.6. The second-order valence-corrected chi connectivity index (χ2v) is 7.19. The summed E-state index contributed by atoms with van der Waals surface area (Å²) in [5.74, 6) is -0.276. The van der Waals surface area contributed by atoms with E-state index in [0.29, 0.717) is 5.56 Å². The molecule has 2 aromatic carbocycles. The van der Waals surface area contributed by atoms with Crippen LogP contribution >= 0.6 is 0 Å². The number of amides is 1. The fraction of sp³-hybridized carbons (Fsp3) is 0.318. The molecule has 0 unspecified atom stereocenters. The van der Waals surface area contributed by atoms with Crippen LogP contribution in [0.4, 0.5) is 5.69 Å². The fourth-order valence-electron chi connectivity index (χ4n) is 3.38. The van der Waals surface area contributed by atoms with Crippen molar-refractivity contribution in [3.05, 3.63) is 81.4 Å². The first-order valence-electron chi connectivity index (χ1n) is 9.73. The average molecular weight is 396 g/mol. The van der Waals surface area contributed by atoms with Crippen LogP contribution in [-0.2, 0) is 9.53 Å². The molecule has 0 spiro atoms. The molecular weight excluding hydrogens is 370 g/mol. The number of aryl methyl sites for hydroxylation is 1. The van der Waals surface area contributed by atoms with Gasteiger partial charge in [-0.25, -0.2) is 0 Å². The van der Waals surface area contributed by atoms with Crippen molar-refractivity contribution >= 4 is 17.7 Å². The lowest BCUT2D eigenvalue weighted by Gasteiger charge is -2.28. The van der Waals surface area contributed by atoms with E-state index in [1.165, 1.54) is 23.1 Å². The summed E-state index contributed by atoms with van der Waals surface area (Å²) in [5, 5.41) is 14.2. The van der Waals surface area contributed by atoms with Gasteiger partial charge in [-0.15, -0.1) is 0 Å². The molecule has 1 amide bonds. The number of rotatable bonds is 7. The lowest BCUT2D eigenvalue weighted by atomic mass is 10.0. The smallest absolute Gasteiger partial charge is 0.276 e. The number of carbonyl (C=O) groups is 1. The molecule has 0 radical (unpaired) electrons. The number of hydrogen-bond donors (Lipinski definition) is 2. The number of nitrogens with zero attached hydrogens (tertiary/aromatic N) is 1. The Kier molecular flexibility index (Phi) is 7.10. The number of para-hydroxylation sites is 1. The molecule has 2 aromatic rings. The average Bonchev–Trinajstić information content (AvgIpc) is 2.73. The van der Waals surface area contributed by atoms with Crippen LogP contribution in [0.3, 0.4) is 0 Å². The van der Waals surface area contributed by atoms with Crippen LogP contribution in [0.15, 0.2) is 54.6 Å². The maximum atomic E-state index is 12.6. The van der Waals surface area contributed by atoms with E-state index in [9.17, 15) is 14.9 Å². The molecule has 152 valence electrons. The van der Waals surface area contributed by atoms with Crippen molar-refractivity contribution in [3.63, 3.8) is 0 Å². The Balaban J connectivity index is 1.73. The molecule has 1 fully saturated rings. The Hall–Kier alpha value is -3.03. The molecule has 7 nitrogen and oxygen atoms in total. The number of morpholine rings is 1. The first-order valence-corrected chi connectivity index (χ1v) is 9.73. The Morgan fingerprint density at radius 2 is 1.90 bits per heavy atom. The Bertz CT molecular complexity index is 874. The standard InChI is InChI=1S/C22H25N3O4/c1-17-6-8-18(9-7-17)20(16-24-12-14-29-15-13-24)23-22(26)11-10-19-4-2-3-5-21(19)25(27)28/h2-11,20H,12-16H2,1H3,(H,23,26)/p+1/b11-10+/t20-/m0/s1. The molecule has 1 aliphatic rings. The molecular formula is C22H26N3O4+. The highest BCUT2D eigenvalue weighted by Crippen LogP contribution is 2.19.